The van der Waals surface area contributed by atoms with Crippen molar-refractivity contribution in [1.82, 2.24) is 9.80 Å². The highest BCUT2D eigenvalue weighted by molar-refractivity contribution is 6.42. The van der Waals surface area contributed by atoms with E-state index in [1.54, 1.807) is 31.2 Å². The maximum absolute atomic E-state index is 13.7. The molecule has 5 rings (SSSR count). The Hall–Kier alpha value is -3.30. The monoisotopic (exact) mass is 583 g/mol. The zero-order chi connectivity index (χ0) is 28.2. The molecule has 0 bridgehead atoms. The predicted octanol–water partition coefficient (Wildman–Crippen LogP) is 4.93. The maximum atomic E-state index is 13.7. The fourth-order valence-corrected chi connectivity index (χ4v) is 5.28. The summed E-state index contributed by atoms with van der Waals surface area (Å²) in [5, 5.41) is 0.604. The highest BCUT2D eigenvalue weighted by atomic mass is 35.5. The minimum absolute atomic E-state index is 0.148. The molecule has 3 aromatic carbocycles. The lowest BCUT2D eigenvalue weighted by molar-refractivity contribution is -0.133. The molecule has 2 aliphatic heterocycles. The van der Waals surface area contributed by atoms with Crippen LogP contribution in [0, 0.1) is 0 Å². The number of amides is 2. The number of halogens is 2. The second-order valence-corrected chi connectivity index (χ2v) is 10.6. The highest BCUT2D eigenvalue weighted by Gasteiger charge is 2.32. The van der Waals surface area contributed by atoms with E-state index in [2.05, 4.69) is 29.2 Å². The summed E-state index contributed by atoms with van der Waals surface area (Å²) in [5.41, 5.74) is 3.52. The topological polar surface area (TPSA) is 71.6 Å². The van der Waals surface area contributed by atoms with Gasteiger partial charge in [0.05, 0.1) is 42.1 Å². The van der Waals surface area contributed by atoms with E-state index in [4.69, 9.17) is 37.4 Å². The van der Waals surface area contributed by atoms with Gasteiger partial charge in [0, 0.05) is 32.7 Å². The number of nitrogens with zero attached hydrogens (tertiary/aromatic N) is 3. The first-order valence-corrected chi connectivity index (χ1v) is 13.8. The lowest BCUT2D eigenvalue weighted by Crippen LogP contribution is -2.48. The van der Waals surface area contributed by atoms with E-state index in [0.29, 0.717) is 36.2 Å². The molecule has 2 heterocycles. The summed E-state index contributed by atoms with van der Waals surface area (Å²) in [6.07, 6.45) is 0. The lowest BCUT2D eigenvalue weighted by Gasteiger charge is -2.37. The van der Waals surface area contributed by atoms with Crippen LogP contribution in [-0.4, -0.2) is 81.8 Å². The van der Waals surface area contributed by atoms with Crippen molar-refractivity contribution in [3.8, 4) is 22.6 Å². The molecule has 0 aliphatic carbocycles. The first-order valence-electron chi connectivity index (χ1n) is 13.1. The number of ether oxygens (including phenoxy) is 3. The maximum Gasteiger partial charge on any atom is 0.265 e. The van der Waals surface area contributed by atoms with Gasteiger partial charge in [-0.2, -0.15) is 0 Å². The molecule has 2 amide bonds. The van der Waals surface area contributed by atoms with E-state index in [-0.39, 0.29) is 36.0 Å². The number of hydrogen-bond acceptors (Lipinski definition) is 6. The summed E-state index contributed by atoms with van der Waals surface area (Å²) in [4.78, 5) is 31.9. The Morgan fingerprint density at radius 2 is 1.75 bits per heavy atom. The number of morpholine rings is 1. The number of hydrogen-bond donors (Lipinski definition) is 0. The minimum Gasteiger partial charge on any atom is -0.497 e. The standard InChI is InChI=1S/C30H31Cl2N3O5/c1-33(29(36)18-35-26-15-24(31)25(32)16-28(26)40-19-30(35)37)27(17-34-10-12-39-13-11-34)21-8-6-20(7-9-21)22-4-3-5-23(14-22)38-2/h3-9,14-16,27H,10-13,17-19H2,1-2H3/t27-/m0/s1. The van der Waals surface area contributed by atoms with Crippen LogP contribution in [0.3, 0.4) is 0 Å². The smallest absolute Gasteiger partial charge is 0.265 e. The number of methoxy groups -OCH3 is 1. The fourth-order valence-electron chi connectivity index (χ4n) is 4.97. The van der Waals surface area contributed by atoms with Crippen molar-refractivity contribution in [2.45, 2.75) is 6.04 Å². The first-order chi connectivity index (χ1) is 19.3. The van der Waals surface area contributed by atoms with Crippen LogP contribution in [0.2, 0.25) is 10.0 Å². The molecule has 8 nitrogen and oxygen atoms in total. The van der Waals surface area contributed by atoms with Crippen LogP contribution in [0.4, 0.5) is 5.69 Å². The summed E-state index contributed by atoms with van der Waals surface area (Å²) < 4.78 is 16.4. The SMILES string of the molecule is COc1cccc(-c2ccc([C@H](CN3CCOCC3)N(C)C(=O)CN3C(=O)COc4cc(Cl)c(Cl)cc43)cc2)c1. The molecule has 0 unspecified atom stereocenters. The summed E-state index contributed by atoms with van der Waals surface area (Å²) in [6, 6.07) is 19.0. The molecule has 0 aromatic heterocycles. The number of rotatable bonds is 8. The van der Waals surface area contributed by atoms with Crippen molar-refractivity contribution >= 4 is 40.7 Å². The molecular weight excluding hydrogens is 553 g/mol. The van der Waals surface area contributed by atoms with Gasteiger partial charge in [-0.15, -0.1) is 0 Å². The van der Waals surface area contributed by atoms with Gasteiger partial charge in [0.2, 0.25) is 5.91 Å². The van der Waals surface area contributed by atoms with Crippen LogP contribution < -0.4 is 14.4 Å². The number of carbonyl (C=O) groups excluding carboxylic acids is 2. The van der Waals surface area contributed by atoms with E-state index in [1.807, 2.05) is 24.3 Å². The summed E-state index contributed by atoms with van der Waals surface area (Å²) in [5.74, 6) is 0.685. The van der Waals surface area contributed by atoms with Gasteiger partial charge in [-0.05, 0) is 34.9 Å². The van der Waals surface area contributed by atoms with Crippen LogP contribution in [-0.2, 0) is 14.3 Å². The van der Waals surface area contributed by atoms with E-state index >= 15 is 0 Å². The van der Waals surface area contributed by atoms with Gasteiger partial charge in [-0.1, -0.05) is 59.6 Å². The molecule has 0 saturated carbocycles. The third-order valence-electron chi connectivity index (χ3n) is 7.33. The number of benzene rings is 3. The van der Waals surface area contributed by atoms with Crippen LogP contribution in [0.15, 0.2) is 60.7 Å². The summed E-state index contributed by atoms with van der Waals surface area (Å²) >= 11 is 12.4. The molecule has 3 aromatic rings. The fraction of sp³-hybridized carbons (Fsp3) is 0.333. The molecule has 0 spiro atoms. The highest BCUT2D eigenvalue weighted by Crippen LogP contribution is 2.39. The Morgan fingerprint density at radius 1 is 1.02 bits per heavy atom. The molecule has 2 aliphatic rings. The van der Waals surface area contributed by atoms with E-state index < -0.39 is 0 Å². The Kier molecular flexibility index (Phi) is 8.81. The van der Waals surface area contributed by atoms with Gasteiger partial charge in [-0.25, -0.2) is 0 Å². The van der Waals surface area contributed by atoms with Crippen LogP contribution in [0.1, 0.15) is 11.6 Å². The van der Waals surface area contributed by atoms with Crippen molar-refractivity contribution in [1.29, 1.82) is 0 Å². The summed E-state index contributed by atoms with van der Waals surface area (Å²) in [7, 11) is 3.43. The van der Waals surface area contributed by atoms with Crippen molar-refractivity contribution in [2.75, 3.05) is 65.1 Å². The quantitative estimate of drug-likeness (QED) is 0.374. The Bertz CT molecular complexity index is 1380. The van der Waals surface area contributed by atoms with E-state index in [0.717, 1.165) is 35.5 Å². The van der Waals surface area contributed by atoms with Gasteiger partial charge in [-0.3, -0.25) is 19.4 Å². The molecule has 0 N–H and O–H groups in total. The van der Waals surface area contributed by atoms with Crippen LogP contribution >= 0.6 is 23.2 Å². The van der Waals surface area contributed by atoms with Crippen LogP contribution in [0.5, 0.6) is 11.5 Å². The number of likely N-dealkylation sites (N-methyl/N-ethyl adjacent to an activating group) is 1. The van der Waals surface area contributed by atoms with Crippen LogP contribution in [0.25, 0.3) is 11.1 Å². The average Bonchev–Trinajstić information content (AvgIpc) is 2.98. The van der Waals surface area contributed by atoms with Gasteiger partial charge < -0.3 is 19.1 Å². The van der Waals surface area contributed by atoms with E-state index in [9.17, 15) is 9.59 Å². The number of carbonyl (C=O) groups is 2. The van der Waals surface area contributed by atoms with Crippen molar-refractivity contribution in [3.05, 3.63) is 76.3 Å². The average molecular weight is 585 g/mol. The molecule has 40 heavy (non-hydrogen) atoms. The van der Waals surface area contributed by atoms with Gasteiger partial charge in [0.1, 0.15) is 18.0 Å². The molecule has 1 atom stereocenters. The Morgan fingerprint density at radius 3 is 2.48 bits per heavy atom. The second-order valence-electron chi connectivity index (χ2n) is 9.79. The summed E-state index contributed by atoms with van der Waals surface area (Å²) in [6.45, 7) is 3.20. The zero-order valence-electron chi connectivity index (χ0n) is 22.4. The predicted molar refractivity (Wildman–Crippen MR) is 156 cm³/mol. The van der Waals surface area contributed by atoms with E-state index in [1.165, 1.54) is 4.90 Å². The first kappa shape index (κ1) is 28.2. The minimum atomic E-state index is -0.319. The lowest BCUT2D eigenvalue weighted by atomic mass is 9.99. The molecule has 0 radical (unpaired) electrons. The largest absolute Gasteiger partial charge is 0.497 e. The second kappa shape index (κ2) is 12.5. The van der Waals surface area contributed by atoms with Gasteiger partial charge in [0.15, 0.2) is 6.61 Å². The normalized spacial score (nSPS) is 16.2. The molecular formula is C30H31Cl2N3O5. The molecule has 10 heteroatoms. The Labute approximate surface area is 243 Å². The molecule has 210 valence electrons. The van der Waals surface area contributed by atoms with Crippen molar-refractivity contribution < 1.29 is 23.8 Å². The zero-order valence-corrected chi connectivity index (χ0v) is 24.0. The van der Waals surface area contributed by atoms with Crippen molar-refractivity contribution in [3.63, 3.8) is 0 Å². The third-order valence-corrected chi connectivity index (χ3v) is 8.05. The number of anilines is 1. The molecule has 1 fully saturated rings. The Balaban J connectivity index is 1.39. The van der Waals surface area contributed by atoms with Gasteiger partial charge >= 0.3 is 0 Å². The number of fused-ring (bicyclic) bond motifs is 1. The van der Waals surface area contributed by atoms with Crippen molar-refractivity contribution in [2.24, 2.45) is 0 Å². The van der Waals surface area contributed by atoms with Gasteiger partial charge in [0.25, 0.3) is 5.91 Å². The molecule has 1 saturated heterocycles. The third kappa shape index (κ3) is 6.20.